The lowest BCUT2D eigenvalue weighted by molar-refractivity contribution is 0.602. The normalized spacial score (nSPS) is 11.7. The Balaban J connectivity index is 3.57. The van der Waals surface area contributed by atoms with E-state index < -0.39 is 9.84 Å². The molecule has 0 aliphatic heterocycles. The maximum atomic E-state index is 11.2. The van der Waals surface area contributed by atoms with Crippen LogP contribution in [0.2, 0.25) is 10.0 Å². The smallest absolute Gasteiger partial charge is 0.178 e. The van der Waals surface area contributed by atoms with Gasteiger partial charge in [-0.15, -0.1) is 0 Å². The fourth-order valence-corrected chi connectivity index (χ4v) is 3.76. The van der Waals surface area contributed by atoms with Crippen LogP contribution in [0.15, 0.2) is 21.5 Å². The summed E-state index contributed by atoms with van der Waals surface area (Å²) in [5, 5.41) is 0.253. The fourth-order valence-electron chi connectivity index (χ4n) is 0.883. The molecule has 1 aromatic carbocycles. The molecule has 6 heteroatoms. The van der Waals surface area contributed by atoms with Crippen molar-refractivity contribution in [3.05, 3.63) is 26.7 Å². The summed E-state index contributed by atoms with van der Waals surface area (Å²) in [6, 6.07) is 2.98. The minimum Gasteiger partial charge on any atom is -0.224 e. The Morgan fingerprint density at radius 2 is 1.62 bits per heavy atom. The summed E-state index contributed by atoms with van der Waals surface area (Å²) in [6.45, 7) is 0. The molecule has 1 aromatic rings. The third kappa shape index (κ3) is 2.59. The third-order valence-corrected chi connectivity index (χ3v) is 3.79. The first-order valence-corrected chi connectivity index (χ1v) is 6.61. The SMILES string of the molecule is CS(=O)(=O)c1c(Cl)cc(Br)cc1Cl. The van der Waals surface area contributed by atoms with Gasteiger partial charge >= 0.3 is 0 Å². The molecule has 0 N–H and O–H groups in total. The first-order chi connectivity index (χ1) is 5.82. The highest BCUT2D eigenvalue weighted by Crippen LogP contribution is 2.32. The van der Waals surface area contributed by atoms with Crippen LogP contribution in [-0.4, -0.2) is 14.7 Å². The second kappa shape index (κ2) is 3.77. The lowest BCUT2D eigenvalue weighted by Crippen LogP contribution is -1.99. The van der Waals surface area contributed by atoms with Gasteiger partial charge in [-0.3, -0.25) is 0 Å². The van der Waals surface area contributed by atoms with Gasteiger partial charge in [0.1, 0.15) is 4.90 Å². The largest absolute Gasteiger partial charge is 0.224 e. The van der Waals surface area contributed by atoms with Gasteiger partial charge in [0.05, 0.1) is 10.0 Å². The molecule has 0 saturated heterocycles. The maximum Gasteiger partial charge on any atom is 0.178 e. The molecule has 0 aliphatic carbocycles. The molecule has 0 atom stereocenters. The van der Waals surface area contributed by atoms with Crippen molar-refractivity contribution in [1.82, 2.24) is 0 Å². The third-order valence-electron chi connectivity index (χ3n) is 1.33. The average Bonchev–Trinajstić information content (AvgIpc) is 1.78. The fraction of sp³-hybridized carbons (Fsp3) is 0.143. The summed E-state index contributed by atoms with van der Waals surface area (Å²) in [4.78, 5) is -0.0287. The second-order valence-corrected chi connectivity index (χ2v) is 6.15. The van der Waals surface area contributed by atoms with E-state index in [-0.39, 0.29) is 14.9 Å². The van der Waals surface area contributed by atoms with Gasteiger partial charge in [-0.1, -0.05) is 39.1 Å². The van der Waals surface area contributed by atoms with Crippen LogP contribution in [-0.2, 0) is 9.84 Å². The molecule has 0 saturated carbocycles. The summed E-state index contributed by atoms with van der Waals surface area (Å²) in [7, 11) is -3.37. The van der Waals surface area contributed by atoms with Crippen LogP contribution in [0.1, 0.15) is 0 Å². The van der Waals surface area contributed by atoms with Crippen molar-refractivity contribution in [2.24, 2.45) is 0 Å². The first kappa shape index (κ1) is 11.3. The molecule has 72 valence electrons. The van der Waals surface area contributed by atoms with E-state index in [4.69, 9.17) is 23.2 Å². The first-order valence-electron chi connectivity index (χ1n) is 3.17. The zero-order valence-electron chi connectivity index (χ0n) is 6.51. The quantitative estimate of drug-likeness (QED) is 0.798. The van der Waals surface area contributed by atoms with Gasteiger partial charge in [-0.25, -0.2) is 8.42 Å². The zero-order valence-corrected chi connectivity index (χ0v) is 10.4. The lowest BCUT2D eigenvalue weighted by Gasteiger charge is -2.04. The molecule has 1 rings (SSSR count). The van der Waals surface area contributed by atoms with Crippen molar-refractivity contribution >= 4 is 49.0 Å². The molecular weight excluding hydrogens is 299 g/mol. The topological polar surface area (TPSA) is 34.1 Å². The Morgan fingerprint density at radius 3 is 1.92 bits per heavy atom. The Morgan fingerprint density at radius 1 is 1.23 bits per heavy atom. The molecular formula is C7H5BrCl2O2S. The van der Waals surface area contributed by atoms with Crippen LogP contribution in [0.4, 0.5) is 0 Å². The van der Waals surface area contributed by atoms with Crippen LogP contribution in [0, 0.1) is 0 Å². The summed E-state index contributed by atoms with van der Waals surface area (Å²) < 4.78 is 23.1. The van der Waals surface area contributed by atoms with Crippen LogP contribution in [0.25, 0.3) is 0 Å². The van der Waals surface area contributed by atoms with Gasteiger partial charge < -0.3 is 0 Å². The van der Waals surface area contributed by atoms with E-state index in [1.54, 1.807) is 0 Å². The molecule has 0 spiro atoms. The highest BCUT2D eigenvalue weighted by molar-refractivity contribution is 9.10. The number of benzene rings is 1. The van der Waals surface area contributed by atoms with Gasteiger partial charge in [0, 0.05) is 10.7 Å². The van der Waals surface area contributed by atoms with E-state index in [0.29, 0.717) is 4.47 Å². The Labute approximate surface area is 94.9 Å². The van der Waals surface area contributed by atoms with Gasteiger partial charge in [-0.2, -0.15) is 0 Å². The Bertz CT molecular complexity index is 419. The molecule has 0 aromatic heterocycles. The minimum absolute atomic E-state index is 0.0287. The van der Waals surface area contributed by atoms with Crippen LogP contribution >= 0.6 is 39.1 Å². The van der Waals surface area contributed by atoms with E-state index in [1.807, 2.05) is 0 Å². The molecule has 0 radical (unpaired) electrons. The van der Waals surface area contributed by atoms with Crippen molar-refractivity contribution < 1.29 is 8.42 Å². The molecule has 0 bridgehead atoms. The van der Waals surface area contributed by atoms with Crippen molar-refractivity contribution in [2.45, 2.75) is 4.90 Å². The number of sulfone groups is 1. The van der Waals surface area contributed by atoms with E-state index in [0.717, 1.165) is 6.26 Å². The molecule has 0 heterocycles. The summed E-state index contributed by atoms with van der Waals surface area (Å²) >= 11 is 14.6. The lowest BCUT2D eigenvalue weighted by atomic mass is 10.4. The van der Waals surface area contributed by atoms with Crippen LogP contribution in [0.5, 0.6) is 0 Å². The van der Waals surface area contributed by atoms with Crippen molar-refractivity contribution in [1.29, 1.82) is 0 Å². The summed E-state index contributed by atoms with van der Waals surface area (Å²) in [5.74, 6) is 0. The molecule has 13 heavy (non-hydrogen) atoms. The summed E-state index contributed by atoms with van der Waals surface area (Å²) in [5.41, 5.74) is 0. The van der Waals surface area contributed by atoms with Gasteiger partial charge in [0.2, 0.25) is 0 Å². The second-order valence-electron chi connectivity index (χ2n) is 2.47. The van der Waals surface area contributed by atoms with Gasteiger partial charge in [-0.05, 0) is 12.1 Å². The average molecular weight is 304 g/mol. The van der Waals surface area contributed by atoms with E-state index in [9.17, 15) is 8.42 Å². The maximum absolute atomic E-state index is 11.2. The van der Waals surface area contributed by atoms with Crippen molar-refractivity contribution in [2.75, 3.05) is 6.26 Å². The predicted molar refractivity (Wildman–Crippen MR) is 57.3 cm³/mol. The minimum atomic E-state index is -3.37. The number of halogens is 3. The van der Waals surface area contributed by atoms with E-state index in [1.165, 1.54) is 12.1 Å². The van der Waals surface area contributed by atoms with E-state index >= 15 is 0 Å². The number of rotatable bonds is 1. The van der Waals surface area contributed by atoms with E-state index in [2.05, 4.69) is 15.9 Å². The van der Waals surface area contributed by atoms with Crippen molar-refractivity contribution in [3.8, 4) is 0 Å². The van der Waals surface area contributed by atoms with Crippen LogP contribution < -0.4 is 0 Å². The predicted octanol–water partition coefficient (Wildman–Crippen LogP) is 3.16. The van der Waals surface area contributed by atoms with Gasteiger partial charge in [0.15, 0.2) is 9.84 Å². The molecule has 0 fully saturated rings. The van der Waals surface area contributed by atoms with Crippen molar-refractivity contribution in [3.63, 3.8) is 0 Å². The monoisotopic (exact) mass is 302 g/mol. The molecule has 0 unspecified atom stereocenters. The molecule has 0 amide bonds. The Hall–Kier alpha value is 0.230. The van der Waals surface area contributed by atoms with Crippen LogP contribution in [0.3, 0.4) is 0 Å². The highest BCUT2D eigenvalue weighted by Gasteiger charge is 2.17. The standard InChI is InChI=1S/C7H5BrCl2O2S/c1-13(11,12)7-5(9)2-4(8)3-6(7)10/h2-3H,1H3. The molecule has 0 aliphatic rings. The zero-order chi connectivity index (χ0) is 10.2. The highest BCUT2D eigenvalue weighted by atomic mass is 79.9. The van der Waals surface area contributed by atoms with Gasteiger partial charge in [0.25, 0.3) is 0 Å². The number of hydrogen-bond acceptors (Lipinski definition) is 2. The molecule has 2 nitrogen and oxygen atoms in total. The number of hydrogen-bond donors (Lipinski definition) is 0. The Kier molecular flexibility index (Phi) is 3.28. The summed E-state index contributed by atoms with van der Waals surface area (Å²) in [6.07, 6.45) is 1.06.